The Labute approximate surface area is 58.7 Å². The molecule has 2 heterocycles. The minimum atomic E-state index is -0.240. The molecule has 2 atom stereocenters. The number of ether oxygens (including phenoxy) is 2. The lowest BCUT2D eigenvalue weighted by atomic mass is 10.4. The third kappa shape index (κ3) is 0.759. The highest BCUT2D eigenvalue weighted by molar-refractivity contribution is 5.68. The number of fused-ring (bicyclic) bond motifs is 1. The molecule has 2 saturated heterocycles. The van der Waals surface area contributed by atoms with Crippen molar-refractivity contribution in [2.45, 2.75) is 12.2 Å². The average Bonchev–Trinajstić information content (AvgIpc) is 2.57. The molecule has 2 aliphatic rings. The van der Waals surface area contributed by atoms with Crippen LogP contribution in [0.15, 0.2) is 0 Å². The standard InChI is InChI=1S/C6H9NO3/c1-9-6(8)7-2-4-5(3-7)10-4/h4-5H,2-3H2,1H3. The van der Waals surface area contributed by atoms with Crippen molar-refractivity contribution in [3.8, 4) is 0 Å². The van der Waals surface area contributed by atoms with E-state index in [2.05, 4.69) is 4.74 Å². The molecule has 4 nitrogen and oxygen atoms in total. The monoisotopic (exact) mass is 143 g/mol. The Hall–Kier alpha value is -0.770. The summed E-state index contributed by atoms with van der Waals surface area (Å²) in [6.45, 7) is 1.41. The smallest absolute Gasteiger partial charge is 0.409 e. The topological polar surface area (TPSA) is 42.1 Å². The maximum absolute atomic E-state index is 10.8. The molecule has 4 heteroatoms. The second kappa shape index (κ2) is 1.85. The number of rotatable bonds is 0. The minimum absolute atomic E-state index is 0.240. The van der Waals surface area contributed by atoms with Gasteiger partial charge in [0.05, 0.1) is 20.2 Å². The first-order valence-electron chi connectivity index (χ1n) is 3.29. The number of epoxide rings is 1. The summed E-state index contributed by atoms with van der Waals surface area (Å²) in [5.41, 5.74) is 0. The van der Waals surface area contributed by atoms with Crippen LogP contribution in [0.5, 0.6) is 0 Å². The van der Waals surface area contributed by atoms with Gasteiger partial charge in [0.25, 0.3) is 0 Å². The van der Waals surface area contributed by atoms with Gasteiger partial charge in [-0.25, -0.2) is 4.79 Å². The molecule has 0 aliphatic carbocycles. The summed E-state index contributed by atoms with van der Waals surface area (Å²) in [5.74, 6) is 0. The Morgan fingerprint density at radius 2 is 2.20 bits per heavy atom. The maximum atomic E-state index is 10.8. The van der Waals surface area contributed by atoms with Crippen molar-refractivity contribution in [2.24, 2.45) is 0 Å². The Balaban J connectivity index is 1.90. The average molecular weight is 143 g/mol. The number of likely N-dealkylation sites (tertiary alicyclic amines) is 1. The summed E-state index contributed by atoms with van der Waals surface area (Å²) in [4.78, 5) is 12.5. The molecular formula is C6H9NO3. The van der Waals surface area contributed by atoms with E-state index in [1.165, 1.54) is 7.11 Å². The van der Waals surface area contributed by atoms with Gasteiger partial charge in [-0.2, -0.15) is 0 Å². The summed E-state index contributed by atoms with van der Waals surface area (Å²) in [6, 6.07) is 0. The lowest BCUT2D eigenvalue weighted by Gasteiger charge is -2.14. The Kier molecular flexibility index (Phi) is 1.11. The van der Waals surface area contributed by atoms with Crippen LogP contribution >= 0.6 is 0 Å². The molecule has 2 fully saturated rings. The van der Waals surface area contributed by atoms with Crippen molar-refractivity contribution in [2.75, 3.05) is 20.2 Å². The molecular weight excluding hydrogens is 134 g/mol. The quantitative estimate of drug-likeness (QED) is 0.442. The molecule has 10 heavy (non-hydrogen) atoms. The molecule has 2 unspecified atom stereocenters. The van der Waals surface area contributed by atoms with Crippen LogP contribution in [0.1, 0.15) is 0 Å². The normalized spacial score (nSPS) is 35.5. The Morgan fingerprint density at radius 3 is 2.70 bits per heavy atom. The summed E-state index contributed by atoms with van der Waals surface area (Å²) in [7, 11) is 1.40. The van der Waals surface area contributed by atoms with Crippen LogP contribution in [-0.2, 0) is 9.47 Å². The summed E-state index contributed by atoms with van der Waals surface area (Å²) in [5, 5.41) is 0. The number of carbonyl (C=O) groups is 1. The van der Waals surface area contributed by atoms with Crippen LogP contribution in [0.2, 0.25) is 0 Å². The van der Waals surface area contributed by atoms with Crippen molar-refractivity contribution < 1.29 is 14.3 Å². The van der Waals surface area contributed by atoms with Crippen LogP contribution in [-0.4, -0.2) is 43.4 Å². The van der Waals surface area contributed by atoms with E-state index in [1.807, 2.05) is 0 Å². The zero-order valence-corrected chi connectivity index (χ0v) is 5.74. The molecule has 2 rings (SSSR count). The number of methoxy groups -OCH3 is 1. The highest BCUT2D eigenvalue weighted by Gasteiger charge is 2.49. The number of carbonyl (C=O) groups excluding carboxylic acids is 1. The van der Waals surface area contributed by atoms with Gasteiger partial charge in [0, 0.05) is 0 Å². The first kappa shape index (κ1) is 5.97. The highest BCUT2D eigenvalue weighted by atomic mass is 16.6. The van der Waals surface area contributed by atoms with Gasteiger partial charge in [-0.3, -0.25) is 0 Å². The van der Waals surface area contributed by atoms with Crippen molar-refractivity contribution in [1.82, 2.24) is 4.90 Å². The lowest BCUT2D eigenvalue weighted by Crippen LogP contribution is -2.31. The lowest BCUT2D eigenvalue weighted by molar-refractivity contribution is 0.115. The maximum Gasteiger partial charge on any atom is 0.409 e. The SMILES string of the molecule is COC(=O)N1CC2OC2C1. The van der Waals surface area contributed by atoms with Gasteiger partial charge in [-0.1, -0.05) is 0 Å². The molecule has 0 radical (unpaired) electrons. The van der Waals surface area contributed by atoms with E-state index in [9.17, 15) is 4.79 Å². The first-order valence-corrected chi connectivity index (χ1v) is 3.29. The molecule has 2 aliphatic heterocycles. The van der Waals surface area contributed by atoms with Gasteiger partial charge in [0.15, 0.2) is 0 Å². The van der Waals surface area contributed by atoms with Gasteiger partial charge >= 0.3 is 6.09 Å². The second-order valence-electron chi connectivity index (χ2n) is 2.59. The van der Waals surface area contributed by atoms with E-state index < -0.39 is 0 Å². The molecule has 0 saturated carbocycles. The number of nitrogens with zero attached hydrogens (tertiary/aromatic N) is 1. The van der Waals surface area contributed by atoms with E-state index in [0.29, 0.717) is 25.3 Å². The van der Waals surface area contributed by atoms with Crippen LogP contribution in [0.4, 0.5) is 4.79 Å². The van der Waals surface area contributed by atoms with Crippen LogP contribution in [0.3, 0.4) is 0 Å². The predicted octanol–water partition coefficient (Wildman–Crippen LogP) is -0.164. The minimum Gasteiger partial charge on any atom is -0.453 e. The molecule has 0 spiro atoms. The third-order valence-electron chi connectivity index (χ3n) is 1.92. The molecule has 0 aromatic carbocycles. The number of hydrogen-bond donors (Lipinski definition) is 0. The molecule has 0 aromatic heterocycles. The summed E-state index contributed by atoms with van der Waals surface area (Å²) < 4.78 is 9.66. The zero-order chi connectivity index (χ0) is 7.14. The Morgan fingerprint density at radius 1 is 1.60 bits per heavy atom. The van der Waals surface area contributed by atoms with Crippen LogP contribution < -0.4 is 0 Å². The highest BCUT2D eigenvalue weighted by Crippen LogP contribution is 2.30. The van der Waals surface area contributed by atoms with Crippen molar-refractivity contribution in [3.05, 3.63) is 0 Å². The molecule has 56 valence electrons. The second-order valence-corrected chi connectivity index (χ2v) is 2.59. The van der Waals surface area contributed by atoms with Crippen molar-refractivity contribution >= 4 is 6.09 Å². The van der Waals surface area contributed by atoms with E-state index >= 15 is 0 Å². The van der Waals surface area contributed by atoms with Crippen LogP contribution in [0.25, 0.3) is 0 Å². The van der Waals surface area contributed by atoms with Crippen LogP contribution in [0, 0.1) is 0 Å². The molecule has 1 amide bonds. The summed E-state index contributed by atoms with van der Waals surface area (Å²) >= 11 is 0. The van der Waals surface area contributed by atoms with Gasteiger partial charge in [-0.05, 0) is 0 Å². The van der Waals surface area contributed by atoms with Gasteiger partial charge in [-0.15, -0.1) is 0 Å². The first-order chi connectivity index (χ1) is 4.81. The fourth-order valence-electron chi connectivity index (χ4n) is 1.29. The fourth-order valence-corrected chi connectivity index (χ4v) is 1.29. The van der Waals surface area contributed by atoms with E-state index in [-0.39, 0.29) is 6.09 Å². The number of hydrogen-bond acceptors (Lipinski definition) is 3. The molecule has 0 N–H and O–H groups in total. The van der Waals surface area contributed by atoms with Gasteiger partial charge in [0.1, 0.15) is 12.2 Å². The fraction of sp³-hybridized carbons (Fsp3) is 0.833. The van der Waals surface area contributed by atoms with Gasteiger partial charge < -0.3 is 14.4 Å². The third-order valence-corrected chi connectivity index (χ3v) is 1.92. The summed E-state index contributed by atoms with van der Waals surface area (Å²) in [6.07, 6.45) is 0.369. The largest absolute Gasteiger partial charge is 0.453 e. The zero-order valence-electron chi connectivity index (χ0n) is 5.74. The Bertz CT molecular complexity index is 160. The van der Waals surface area contributed by atoms with Crippen molar-refractivity contribution in [3.63, 3.8) is 0 Å². The van der Waals surface area contributed by atoms with E-state index in [1.54, 1.807) is 4.90 Å². The van der Waals surface area contributed by atoms with E-state index in [0.717, 1.165) is 0 Å². The van der Waals surface area contributed by atoms with E-state index in [4.69, 9.17) is 4.74 Å². The van der Waals surface area contributed by atoms with Crippen molar-refractivity contribution in [1.29, 1.82) is 0 Å². The van der Waals surface area contributed by atoms with Gasteiger partial charge in [0.2, 0.25) is 0 Å². The molecule has 0 aromatic rings. The number of morpholine rings is 1. The molecule has 0 bridgehead atoms. The number of amides is 1. The predicted molar refractivity (Wildman–Crippen MR) is 32.6 cm³/mol.